The van der Waals surface area contributed by atoms with Crippen LogP contribution < -0.4 is 5.43 Å². The van der Waals surface area contributed by atoms with Gasteiger partial charge in [-0.15, -0.1) is 22.7 Å². The lowest BCUT2D eigenvalue weighted by Gasteiger charge is -2.07. The third-order valence-corrected chi connectivity index (χ3v) is 6.75. The molecule has 1 aromatic carbocycles. The van der Waals surface area contributed by atoms with E-state index in [0.29, 0.717) is 4.34 Å². The molecule has 2 aromatic heterocycles. The van der Waals surface area contributed by atoms with Crippen LogP contribution in [0.2, 0.25) is 4.34 Å². The second-order valence-electron chi connectivity index (χ2n) is 4.98. The second-order valence-corrected chi connectivity index (χ2v) is 9.32. The van der Waals surface area contributed by atoms with Crippen LogP contribution in [-0.4, -0.2) is 21.9 Å². The van der Waals surface area contributed by atoms with Crippen molar-refractivity contribution in [3.8, 4) is 0 Å². The van der Waals surface area contributed by atoms with Crippen LogP contribution in [0.25, 0.3) is 10.2 Å². The van der Waals surface area contributed by atoms with Crippen LogP contribution in [0.15, 0.2) is 45.8 Å². The van der Waals surface area contributed by atoms with E-state index >= 15 is 0 Å². The van der Waals surface area contributed by atoms with Gasteiger partial charge in [0.25, 0.3) is 5.91 Å². The standard InChI is InChI=1S/C16H14ClN3OS3/c1-9(12-7-8-14(17)23-12)19-20-15(21)10(2)22-16-18-11-5-3-4-6-13(11)24-16/h3-8,10H,1-2H3,(H,20,21)/b19-9-/t10-/m0/s1. The Morgan fingerprint density at radius 2 is 2.08 bits per heavy atom. The number of thiophene rings is 1. The number of fused-ring (bicyclic) bond motifs is 1. The van der Waals surface area contributed by atoms with Gasteiger partial charge in [-0.1, -0.05) is 35.5 Å². The van der Waals surface area contributed by atoms with Crippen LogP contribution >= 0.6 is 46.0 Å². The van der Waals surface area contributed by atoms with E-state index in [9.17, 15) is 4.79 Å². The number of carbonyl (C=O) groups is 1. The zero-order valence-electron chi connectivity index (χ0n) is 12.9. The van der Waals surface area contributed by atoms with Gasteiger partial charge in [0.2, 0.25) is 0 Å². The summed E-state index contributed by atoms with van der Waals surface area (Å²) < 4.78 is 2.70. The van der Waals surface area contributed by atoms with Crippen molar-refractivity contribution in [2.75, 3.05) is 0 Å². The Morgan fingerprint density at radius 1 is 1.29 bits per heavy atom. The lowest BCUT2D eigenvalue weighted by molar-refractivity contribution is -0.120. The summed E-state index contributed by atoms with van der Waals surface area (Å²) in [7, 11) is 0. The summed E-state index contributed by atoms with van der Waals surface area (Å²) >= 11 is 10.4. The maximum absolute atomic E-state index is 12.2. The third-order valence-electron chi connectivity index (χ3n) is 3.18. The van der Waals surface area contributed by atoms with E-state index < -0.39 is 0 Å². The van der Waals surface area contributed by atoms with Crippen molar-refractivity contribution in [3.05, 3.63) is 45.6 Å². The molecule has 24 heavy (non-hydrogen) atoms. The Balaban J connectivity index is 1.62. The van der Waals surface area contributed by atoms with E-state index in [0.717, 1.165) is 25.1 Å². The van der Waals surface area contributed by atoms with Gasteiger partial charge in [-0.2, -0.15) is 5.10 Å². The molecule has 8 heteroatoms. The van der Waals surface area contributed by atoms with E-state index in [1.807, 2.05) is 50.2 Å². The SMILES string of the molecule is C/C(=N/NC(=O)[C@H](C)Sc1nc2ccccc2s1)c1ccc(Cl)s1. The van der Waals surface area contributed by atoms with E-state index in [1.165, 1.54) is 23.1 Å². The van der Waals surface area contributed by atoms with Gasteiger partial charge in [0.05, 0.1) is 30.4 Å². The number of aromatic nitrogens is 1. The number of nitrogens with one attached hydrogen (secondary N) is 1. The number of hydrogen-bond acceptors (Lipinski definition) is 6. The molecular formula is C16H14ClN3OS3. The Morgan fingerprint density at radius 3 is 2.79 bits per heavy atom. The highest BCUT2D eigenvalue weighted by Crippen LogP contribution is 2.31. The maximum Gasteiger partial charge on any atom is 0.253 e. The molecule has 0 saturated carbocycles. The number of amides is 1. The largest absolute Gasteiger partial charge is 0.272 e. The summed E-state index contributed by atoms with van der Waals surface area (Å²) in [6.07, 6.45) is 0. The average Bonchev–Trinajstić information content (AvgIpc) is 3.17. The number of thiazole rings is 1. The summed E-state index contributed by atoms with van der Waals surface area (Å²) in [5, 5.41) is 3.87. The highest BCUT2D eigenvalue weighted by Gasteiger charge is 2.16. The molecule has 0 spiro atoms. The molecule has 3 aromatic rings. The lowest BCUT2D eigenvalue weighted by atomic mass is 10.3. The zero-order chi connectivity index (χ0) is 17.1. The average molecular weight is 396 g/mol. The molecular weight excluding hydrogens is 382 g/mol. The molecule has 3 rings (SSSR count). The van der Waals surface area contributed by atoms with E-state index in [4.69, 9.17) is 11.6 Å². The first-order valence-electron chi connectivity index (χ1n) is 7.15. The first kappa shape index (κ1) is 17.4. The summed E-state index contributed by atoms with van der Waals surface area (Å²) in [4.78, 5) is 17.7. The number of halogens is 1. The minimum absolute atomic E-state index is 0.152. The number of para-hydroxylation sites is 1. The Bertz CT molecular complexity index is 870. The molecule has 0 unspecified atom stereocenters. The number of hydrogen-bond donors (Lipinski definition) is 1. The monoisotopic (exact) mass is 395 g/mol. The Kier molecular flexibility index (Phi) is 5.55. The molecule has 0 radical (unpaired) electrons. The fraction of sp³-hybridized carbons (Fsp3) is 0.188. The van der Waals surface area contributed by atoms with Crippen LogP contribution in [0.3, 0.4) is 0 Å². The normalized spacial score (nSPS) is 13.2. The molecule has 1 atom stereocenters. The number of hydrazone groups is 1. The molecule has 0 fully saturated rings. The van der Waals surface area contributed by atoms with Gasteiger partial charge in [0.1, 0.15) is 0 Å². The van der Waals surface area contributed by atoms with Crippen LogP contribution in [0, 0.1) is 0 Å². The van der Waals surface area contributed by atoms with Gasteiger partial charge in [0, 0.05) is 0 Å². The number of thioether (sulfide) groups is 1. The summed E-state index contributed by atoms with van der Waals surface area (Å²) in [6, 6.07) is 11.6. The van der Waals surface area contributed by atoms with Gasteiger partial charge < -0.3 is 0 Å². The van der Waals surface area contributed by atoms with E-state index in [1.54, 1.807) is 11.3 Å². The maximum atomic E-state index is 12.2. The van der Waals surface area contributed by atoms with Gasteiger partial charge in [-0.05, 0) is 38.1 Å². The molecule has 2 heterocycles. The topological polar surface area (TPSA) is 54.4 Å². The number of rotatable bonds is 5. The first-order chi connectivity index (χ1) is 11.5. The molecule has 4 nitrogen and oxygen atoms in total. The van der Waals surface area contributed by atoms with Crippen molar-refractivity contribution in [2.24, 2.45) is 5.10 Å². The Labute approximate surface area is 156 Å². The molecule has 0 bridgehead atoms. The smallest absolute Gasteiger partial charge is 0.253 e. The van der Waals surface area contributed by atoms with Crippen molar-refractivity contribution in [1.82, 2.24) is 10.4 Å². The zero-order valence-corrected chi connectivity index (χ0v) is 16.2. The van der Waals surface area contributed by atoms with Crippen LogP contribution in [0.5, 0.6) is 0 Å². The van der Waals surface area contributed by atoms with Gasteiger partial charge in [-0.3, -0.25) is 4.79 Å². The third kappa shape index (κ3) is 4.16. The summed E-state index contributed by atoms with van der Waals surface area (Å²) in [5.74, 6) is -0.152. The van der Waals surface area contributed by atoms with E-state index in [2.05, 4.69) is 15.5 Å². The molecule has 0 aliphatic carbocycles. The number of nitrogens with zero attached hydrogens (tertiary/aromatic N) is 2. The van der Waals surface area contributed by atoms with Crippen LogP contribution in [0.1, 0.15) is 18.7 Å². The molecule has 1 amide bonds. The molecule has 0 saturated heterocycles. The Hall–Kier alpha value is -1.41. The van der Waals surface area contributed by atoms with Crippen LogP contribution in [-0.2, 0) is 4.79 Å². The predicted molar refractivity (Wildman–Crippen MR) is 105 cm³/mol. The van der Waals surface area contributed by atoms with E-state index in [-0.39, 0.29) is 11.2 Å². The fourth-order valence-electron chi connectivity index (χ4n) is 1.90. The molecule has 1 N–H and O–H groups in total. The van der Waals surface area contributed by atoms with Crippen LogP contribution in [0.4, 0.5) is 0 Å². The molecule has 0 aliphatic rings. The van der Waals surface area contributed by atoms with Gasteiger partial charge in [-0.25, -0.2) is 10.4 Å². The first-order valence-corrected chi connectivity index (χ1v) is 10.0. The number of benzene rings is 1. The predicted octanol–water partition coefficient (Wildman–Crippen LogP) is 5.03. The summed E-state index contributed by atoms with van der Waals surface area (Å²) in [5.41, 5.74) is 4.31. The van der Waals surface area contributed by atoms with Crippen molar-refractivity contribution in [3.63, 3.8) is 0 Å². The van der Waals surface area contributed by atoms with Crippen molar-refractivity contribution < 1.29 is 4.79 Å². The van der Waals surface area contributed by atoms with Crippen molar-refractivity contribution >= 4 is 67.9 Å². The van der Waals surface area contributed by atoms with Gasteiger partial charge >= 0.3 is 0 Å². The molecule has 124 valence electrons. The van der Waals surface area contributed by atoms with Crippen molar-refractivity contribution in [2.45, 2.75) is 23.4 Å². The quantitative estimate of drug-likeness (QED) is 0.374. The van der Waals surface area contributed by atoms with Gasteiger partial charge in [0.15, 0.2) is 4.34 Å². The second kappa shape index (κ2) is 7.65. The fourth-order valence-corrected chi connectivity index (χ4v) is 5.09. The highest BCUT2D eigenvalue weighted by molar-refractivity contribution is 8.02. The van der Waals surface area contributed by atoms with Crippen molar-refractivity contribution in [1.29, 1.82) is 0 Å². The molecule has 0 aliphatic heterocycles. The minimum atomic E-state index is -0.283. The highest BCUT2D eigenvalue weighted by atomic mass is 35.5. The summed E-state index contributed by atoms with van der Waals surface area (Å²) in [6.45, 7) is 3.69. The number of carbonyl (C=O) groups excluding carboxylic acids is 1. The lowest BCUT2D eigenvalue weighted by Crippen LogP contribution is -2.27. The minimum Gasteiger partial charge on any atom is -0.272 e.